The molecule has 0 spiro atoms. The van der Waals surface area contributed by atoms with Gasteiger partial charge < -0.3 is 4.90 Å². The predicted molar refractivity (Wildman–Crippen MR) is 82.2 cm³/mol. The lowest BCUT2D eigenvalue weighted by Crippen LogP contribution is -2.50. The average Bonchev–Trinajstić information content (AvgIpc) is 1.96. The first-order valence-electron chi connectivity index (χ1n) is 7.13. The molecule has 0 aromatic carbocycles. The van der Waals surface area contributed by atoms with E-state index in [1.54, 1.807) is 0 Å². The monoisotopic (exact) mass is 255 g/mol. The second-order valence-electron chi connectivity index (χ2n) is 8.17. The third kappa shape index (κ3) is 5.77. The standard InChI is InChI=1S/C7H16N.2C4H9.Al/c1-6(2)8(5)7(3)4;2*1-4(2)3;/h6-7H,5H2,1-4H3;2*1-3H3;. The molecule has 0 amide bonds. The molecule has 102 valence electrons. The number of hydrogen-bond donors (Lipinski definition) is 0. The van der Waals surface area contributed by atoms with Crippen molar-refractivity contribution in [2.45, 2.75) is 89.9 Å². The van der Waals surface area contributed by atoms with E-state index in [1.165, 1.54) is 5.41 Å². The highest BCUT2D eigenvalue weighted by Gasteiger charge is 2.42. The van der Waals surface area contributed by atoms with Gasteiger partial charge in [0, 0.05) is 12.1 Å². The van der Waals surface area contributed by atoms with Crippen molar-refractivity contribution in [1.82, 2.24) is 4.90 Å². The van der Waals surface area contributed by atoms with Crippen LogP contribution in [-0.4, -0.2) is 36.5 Å². The van der Waals surface area contributed by atoms with Crippen molar-refractivity contribution in [3.8, 4) is 0 Å². The summed E-state index contributed by atoms with van der Waals surface area (Å²) in [5.74, 6) is 0. The van der Waals surface area contributed by atoms with E-state index in [9.17, 15) is 0 Å². The molecule has 0 aliphatic carbocycles. The fraction of sp³-hybridized carbons (Fsp3) is 1.00. The molecule has 0 saturated heterocycles. The zero-order valence-electron chi connectivity index (χ0n) is 13.9. The molecule has 0 heterocycles. The molecule has 0 aromatic rings. The summed E-state index contributed by atoms with van der Waals surface area (Å²) in [5.41, 5.74) is 0. The maximum absolute atomic E-state index is 2.69. The highest BCUT2D eigenvalue weighted by Crippen LogP contribution is 2.42. The van der Waals surface area contributed by atoms with Gasteiger partial charge in [-0.25, -0.2) is 0 Å². The Morgan fingerprint density at radius 2 is 1.06 bits per heavy atom. The minimum atomic E-state index is -0.855. The van der Waals surface area contributed by atoms with Crippen LogP contribution < -0.4 is 0 Å². The van der Waals surface area contributed by atoms with E-state index in [0.717, 1.165) is 0 Å². The smallest absolute Gasteiger partial charge is 0.293 e. The molecule has 0 fully saturated rings. The van der Waals surface area contributed by atoms with Crippen LogP contribution in [0.1, 0.15) is 69.2 Å². The second-order valence-corrected chi connectivity index (χ2v) is 13.1. The van der Waals surface area contributed by atoms with Gasteiger partial charge in [-0.3, -0.25) is 0 Å². The molecule has 0 aliphatic heterocycles. The Balaban J connectivity index is 4.99. The lowest BCUT2D eigenvalue weighted by Gasteiger charge is -2.42. The Hall–Kier alpha value is 0.492. The quantitative estimate of drug-likeness (QED) is 0.656. The van der Waals surface area contributed by atoms with Gasteiger partial charge in [0.15, 0.2) is 0 Å². The SMILES string of the molecule is CC(C)N([CH2][Al]([C](C)(C)C)[C](C)(C)C)C(C)C. The van der Waals surface area contributed by atoms with Crippen LogP contribution in [0.5, 0.6) is 0 Å². The lowest BCUT2D eigenvalue weighted by atomic mass is 10.2. The van der Waals surface area contributed by atoms with Crippen LogP contribution >= 0.6 is 0 Å². The van der Waals surface area contributed by atoms with Crippen molar-refractivity contribution in [3.05, 3.63) is 0 Å². The van der Waals surface area contributed by atoms with Gasteiger partial charge in [0.25, 0.3) is 14.1 Å². The third-order valence-corrected chi connectivity index (χ3v) is 8.78. The largest absolute Gasteiger partial charge is 0.312 e. The van der Waals surface area contributed by atoms with Crippen LogP contribution in [0.2, 0.25) is 8.55 Å². The van der Waals surface area contributed by atoms with E-state index in [-0.39, 0.29) is 0 Å². The molecular weight excluding hydrogens is 221 g/mol. The molecule has 1 nitrogen and oxygen atoms in total. The molecule has 0 unspecified atom stereocenters. The maximum Gasteiger partial charge on any atom is 0.293 e. The summed E-state index contributed by atoms with van der Waals surface area (Å²) in [6, 6.07) is 1.32. The Labute approximate surface area is 114 Å². The molecule has 0 bridgehead atoms. The summed E-state index contributed by atoms with van der Waals surface area (Å²) >= 11 is -0.855. The molecule has 0 saturated carbocycles. The van der Waals surface area contributed by atoms with Crippen LogP contribution in [0.4, 0.5) is 0 Å². The van der Waals surface area contributed by atoms with E-state index in [2.05, 4.69) is 74.1 Å². The van der Waals surface area contributed by atoms with Crippen LogP contribution in [-0.2, 0) is 0 Å². The number of nitrogens with zero attached hydrogens (tertiary/aromatic N) is 1. The van der Waals surface area contributed by atoms with E-state index < -0.39 is 14.1 Å². The van der Waals surface area contributed by atoms with Crippen molar-refractivity contribution in [1.29, 1.82) is 0 Å². The summed E-state index contributed by atoms with van der Waals surface area (Å²) in [6.07, 6.45) is 0. The maximum atomic E-state index is 2.69. The Kier molecular flexibility index (Phi) is 6.27. The molecule has 2 heteroatoms. The topological polar surface area (TPSA) is 3.24 Å². The van der Waals surface area contributed by atoms with Gasteiger partial charge in [0.1, 0.15) is 0 Å². The zero-order chi connectivity index (χ0) is 14.0. The van der Waals surface area contributed by atoms with Gasteiger partial charge in [-0.05, 0) is 33.1 Å². The number of rotatable bonds is 4. The van der Waals surface area contributed by atoms with Crippen molar-refractivity contribution in [2.24, 2.45) is 0 Å². The van der Waals surface area contributed by atoms with Crippen LogP contribution in [0.25, 0.3) is 0 Å². The molecule has 0 radical (unpaired) electrons. The van der Waals surface area contributed by atoms with Gasteiger partial charge >= 0.3 is 0 Å². The first-order valence-corrected chi connectivity index (χ1v) is 9.10. The Bertz CT molecular complexity index is 198. The predicted octanol–water partition coefficient (Wildman–Crippen LogP) is 4.74. The highest BCUT2D eigenvalue weighted by molar-refractivity contribution is 6.65. The van der Waals surface area contributed by atoms with Gasteiger partial charge in [0.05, 0.1) is 0 Å². The van der Waals surface area contributed by atoms with Crippen molar-refractivity contribution >= 4 is 14.1 Å². The highest BCUT2D eigenvalue weighted by atomic mass is 27.2. The Morgan fingerprint density at radius 3 is 1.24 bits per heavy atom. The minimum Gasteiger partial charge on any atom is -0.312 e. The Morgan fingerprint density at radius 1 is 0.765 bits per heavy atom. The van der Waals surface area contributed by atoms with E-state index in [4.69, 9.17) is 0 Å². The fourth-order valence-corrected chi connectivity index (χ4v) is 8.03. The van der Waals surface area contributed by atoms with E-state index in [1.807, 2.05) is 0 Å². The summed E-state index contributed by atoms with van der Waals surface area (Å²) in [6.45, 7) is 24.0. The molecule has 0 aliphatic rings. The van der Waals surface area contributed by atoms with Gasteiger partial charge in [0.2, 0.25) is 0 Å². The first kappa shape index (κ1) is 17.5. The molecule has 0 atom stereocenters. The number of hydrogen-bond acceptors (Lipinski definition) is 1. The molecule has 17 heavy (non-hydrogen) atoms. The van der Waals surface area contributed by atoms with Gasteiger partial charge in [-0.1, -0.05) is 50.1 Å². The van der Waals surface area contributed by atoms with Crippen LogP contribution in [0.3, 0.4) is 0 Å². The summed E-state index contributed by atoms with van der Waals surface area (Å²) in [4.78, 5) is 2.69. The van der Waals surface area contributed by atoms with Crippen molar-refractivity contribution in [3.63, 3.8) is 0 Å². The van der Waals surface area contributed by atoms with Gasteiger partial charge in [-0.2, -0.15) is 0 Å². The normalized spacial score (nSPS) is 13.9. The molecule has 0 N–H and O–H groups in total. The second kappa shape index (κ2) is 6.09. The van der Waals surface area contributed by atoms with E-state index >= 15 is 0 Å². The molecule has 0 rings (SSSR count). The lowest BCUT2D eigenvalue weighted by molar-refractivity contribution is 0.201. The molecule has 0 aromatic heterocycles. The molecular formula is C15H34AlN. The minimum absolute atomic E-state index is 0.500. The van der Waals surface area contributed by atoms with Crippen molar-refractivity contribution < 1.29 is 0 Å². The van der Waals surface area contributed by atoms with E-state index in [0.29, 0.717) is 20.6 Å². The van der Waals surface area contributed by atoms with Crippen molar-refractivity contribution in [2.75, 3.05) is 5.41 Å². The summed E-state index contributed by atoms with van der Waals surface area (Å²) < 4.78 is 1.00. The van der Waals surface area contributed by atoms with Crippen LogP contribution in [0.15, 0.2) is 0 Å². The summed E-state index contributed by atoms with van der Waals surface area (Å²) in [5, 5.41) is 1.34. The third-order valence-electron chi connectivity index (χ3n) is 3.81. The zero-order valence-corrected chi connectivity index (χ0v) is 15.0. The average molecular weight is 255 g/mol. The van der Waals surface area contributed by atoms with Gasteiger partial charge in [-0.15, -0.1) is 0 Å². The van der Waals surface area contributed by atoms with Crippen LogP contribution in [0, 0.1) is 0 Å². The summed E-state index contributed by atoms with van der Waals surface area (Å²) in [7, 11) is 0. The first-order chi connectivity index (χ1) is 7.37. The fourth-order valence-electron chi connectivity index (χ4n) is 3.08.